The molecule has 0 heterocycles. The van der Waals surface area contributed by atoms with E-state index in [2.05, 4.69) is 153 Å². The van der Waals surface area contributed by atoms with Gasteiger partial charge < -0.3 is 0 Å². The zero-order valence-corrected chi connectivity index (χ0v) is 31.2. The lowest BCUT2D eigenvalue weighted by Gasteiger charge is -2.16. The standard InChI is InChI=1S/C43H60S2/c1-9-19-35(4)21-17-23-37(6)31-43(45-41-28-14-11-15-29-41)33-39(8)25-18-24-38(7)32-42(44-40-26-12-10-13-27-40)30-36(5)22-16-20-34(2)3/h10-15,19-20,23-24,26-30,33,42-43H,9,16-18,21-22,25,31-32H2,1-8H3/b35-19+,36-30+,37-23+,38-24+,39-33+. The first-order valence-corrected chi connectivity index (χ1v) is 18.8. The van der Waals surface area contributed by atoms with Crippen molar-refractivity contribution in [3.05, 3.63) is 131 Å². The molecular formula is C43H60S2. The van der Waals surface area contributed by atoms with Crippen LogP contribution in [0.25, 0.3) is 0 Å². The van der Waals surface area contributed by atoms with Crippen LogP contribution < -0.4 is 0 Å². The van der Waals surface area contributed by atoms with Crippen LogP contribution in [-0.4, -0.2) is 10.5 Å². The van der Waals surface area contributed by atoms with Gasteiger partial charge in [0.25, 0.3) is 0 Å². The maximum Gasteiger partial charge on any atom is 0.0314 e. The highest BCUT2D eigenvalue weighted by Gasteiger charge is 2.11. The van der Waals surface area contributed by atoms with Gasteiger partial charge in [-0.1, -0.05) is 113 Å². The number of rotatable bonds is 20. The van der Waals surface area contributed by atoms with E-state index in [1.165, 1.54) is 43.2 Å². The molecule has 0 bridgehead atoms. The SMILES string of the molecule is CC/C=C(\C)CC/C=C(\C)CC(/C=C(\C)CC/C=C(\C)CC(/C=C(\C)CCC=C(C)C)Sc1ccccc1)Sc1ccccc1. The van der Waals surface area contributed by atoms with E-state index in [0.717, 1.165) is 57.8 Å². The van der Waals surface area contributed by atoms with Crippen molar-refractivity contribution in [1.29, 1.82) is 0 Å². The number of allylic oxidation sites excluding steroid dienone is 10. The van der Waals surface area contributed by atoms with Crippen molar-refractivity contribution >= 4 is 23.5 Å². The molecule has 0 aliphatic rings. The van der Waals surface area contributed by atoms with Crippen molar-refractivity contribution in [3.63, 3.8) is 0 Å². The maximum absolute atomic E-state index is 2.53. The lowest BCUT2D eigenvalue weighted by molar-refractivity contribution is 0.894. The number of hydrogen-bond acceptors (Lipinski definition) is 2. The first-order valence-electron chi connectivity index (χ1n) is 17.0. The van der Waals surface area contributed by atoms with Crippen LogP contribution in [-0.2, 0) is 0 Å². The first-order chi connectivity index (χ1) is 21.6. The van der Waals surface area contributed by atoms with E-state index < -0.39 is 0 Å². The van der Waals surface area contributed by atoms with E-state index in [1.54, 1.807) is 0 Å². The van der Waals surface area contributed by atoms with Gasteiger partial charge in [-0.15, -0.1) is 23.5 Å². The summed E-state index contributed by atoms with van der Waals surface area (Å²) in [6.07, 6.45) is 24.8. The summed E-state index contributed by atoms with van der Waals surface area (Å²) in [4.78, 5) is 2.70. The molecule has 0 spiro atoms. The Balaban J connectivity index is 2.06. The van der Waals surface area contributed by atoms with Gasteiger partial charge in [0.1, 0.15) is 0 Å². The molecule has 0 N–H and O–H groups in total. The molecule has 0 amide bonds. The zero-order chi connectivity index (χ0) is 32.9. The van der Waals surface area contributed by atoms with Gasteiger partial charge in [0, 0.05) is 20.3 Å². The summed E-state index contributed by atoms with van der Waals surface area (Å²) < 4.78 is 0. The number of benzene rings is 2. The minimum Gasteiger partial charge on any atom is -0.118 e. The fourth-order valence-electron chi connectivity index (χ4n) is 5.35. The van der Waals surface area contributed by atoms with E-state index >= 15 is 0 Å². The summed E-state index contributed by atoms with van der Waals surface area (Å²) in [5.74, 6) is 0. The molecule has 2 unspecified atom stereocenters. The Kier molecular flexibility index (Phi) is 19.8. The predicted octanol–water partition coefficient (Wildman–Crippen LogP) is 14.5. The summed E-state index contributed by atoms with van der Waals surface area (Å²) in [5.41, 5.74) is 8.89. The Bertz CT molecular complexity index is 1280. The van der Waals surface area contributed by atoms with Crippen LogP contribution in [0.5, 0.6) is 0 Å². The predicted molar refractivity (Wildman–Crippen MR) is 208 cm³/mol. The van der Waals surface area contributed by atoms with Crippen LogP contribution >= 0.6 is 23.5 Å². The Morgan fingerprint density at radius 1 is 0.511 bits per heavy atom. The van der Waals surface area contributed by atoms with E-state index in [-0.39, 0.29) is 0 Å². The molecular weight excluding hydrogens is 581 g/mol. The molecule has 0 aromatic heterocycles. The van der Waals surface area contributed by atoms with Gasteiger partial charge in [0.15, 0.2) is 0 Å². The molecule has 2 atom stereocenters. The Morgan fingerprint density at radius 3 is 1.31 bits per heavy atom. The van der Waals surface area contributed by atoms with Gasteiger partial charge in [0.05, 0.1) is 0 Å². The topological polar surface area (TPSA) is 0 Å². The van der Waals surface area contributed by atoms with E-state index in [9.17, 15) is 0 Å². The van der Waals surface area contributed by atoms with Crippen LogP contribution in [0.15, 0.2) is 140 Å². The van der Waals surface area contributed by atoms with Crippen molar-refractivity contribution in [2.24, 2.45) is 0 Å². The van der Waals surface area contributed by atoms with Crippen LogP contribution in [0.3, 0.4) is 0 Å². The summed E-state index contributed by atoms with van der Waals surface area (Å²) >= 11 is 3.99. The Labute approximate surface area is 286 Å². The highest BCUT2D eigenvalue weighted by atomic mass is 32.2. The first kappa shape index (κ1) is 38.8. The molecule has 2 aromatic carbocycles. The molecule has 45 heavy (non-hydrogen) atoms. The fraction of sp³-hybridized carbons (Fsp3) is 0.442. The molecule has 0 saturated carbocycles. The fourth-order valence-corrected chi connectivity index (χ4v) is 7.97. The second-order valence-electron chi connectivity index (χ2n) is 12.8. The zero-order valence-electron chi connectivity index (χ0n) is 29.6. The normalized spacial score (nSPS) is 14.8. The minimum absolute atomic E-state index is 0.451. The van der Waals surface area contributed by atoms with Crippen molar-refractivity contribution in [1.82, 2.24) is 0 Å². The molecule has 244 valence electrons. The molecule has 0 fully saturated rings. The summed E-state index contributed by atoms with van der Waals surface area (Å²) in [6.45, 7) is 18.1. The van der Waals surface area contributed by atoms with Crippen molar-refractivity contribution in [3.8, 4) is 0 Å². The highest BCUT2D eigenvalue weighted by molar-refractivity contribution is 8.00. The second kappa shape index (κ2) is 23.0. The lowest BCUT2D eigenvalue weighted by atomic mass is 10.0. The molecule has 0 aliphatic carbocycles. The van der Waals surface area contributed by atoms with Crippen molar-refractivity contribution in [2.75, 3.05) is 0 Å². The molecule has 0 nitrogen and oxygen atoms in total. The minimum atomic E-state index is 0.451. The van der Waals surface area contributed by atoms with Crippen molar-refractivity contribution in [2.45, 2.75) is 133 Å². The molecule has 2 heteroatoms. The number of hydrogen-bond donors (Lipinski definition) is 0. The third kappa shape index (κ3) is 19.0. The smallest absolute Gasteiger partial charge is 0.0314 e. The van der Waals surface area contributed by atoms with Crippen LogP contribution in [0, 0.1) is 0 Å². The quantitative estimate of drug-likeness (QED) is 0.104. The molecule has 2 rings (SSSR count). The number of thioether (sulfide) groups is 2. The van der Waals surface area contributed by atoms with Gasteiger partial charge in [-0.3, -0.25) is 0 Å². The largest absolute Gasteiger partial charge is 0.118 e. The van der Waals surface area contributed by atoms with Gasteiger partial charge in [-0.05, 0) is 131 Å². The summed E-state index contributed by atoms with van der Waals surface area (Å²) in [5, 5.41) is 0.904. The molecule has 0 saturated heterocycles. The lowest BCUT2D eigenvalue weighted by Crippen LogP contribution is -2.02. The highest BCUT2D eigenvalue weighted by Crippen LogP contribution is 2.32. The maximum atomic E-state index is 2.53. The summed E-state index contributed by atoms with van der Waals surface area (Å²) in [7, 11) is 0. The van der Waals surface area contributed by atoms with E-state index in [4.69, 9.17) is 0 Å². The molecule has 0 radical (unpaired) electrons. The van der Waals surface area contributed by atoms with Gasteiger partial charge >= 0.3 is 0 Å². The van der Waals surface area contributed by atoms with Crippen LogP contribution in [0.1, 0.15) is 113 Å². The monoisotopic (exact) mass is 640 g/mol. The average Bonchev–Trinajstić information content (AvgIpc) is 2.98. The molecule has 0 aliphatic heterocycles. The Morgan fingerprint density at radius 2 is 0.911 bits per heavy atom. The van der Waals surface area contributed by atoms with Crippen molar-refractivity contribution < 1.29 is 0 Å². The second-order valence-corrected chi connectivity index (χ2v) is 15.5. The molecule has 2 aromatic rings. The van der Waals surface area contributed by atoms with E-state index in [1.807, 2.05) is 23.5 Å². The van der Waals surface area contributed by atoms with Crippen LogP contribution in [0.2, 0.25) is 0 Å². The third-order valence-corrected chi connectivity index (χ3v) is 10.1. The van der Waals surface area contributed by atoms with Gasteiger partial charge in [-0.25, -0.2) is 0 Å². The van der Waals surface area contributed by atoms with Gasteiger partial charge in [-0.2, -0.15) is 0 Å². The van der Waals surface area contributed by atoms with Gasteiger partial charge in [0.2, 0.25) is 0 Å². The summed E-state index contributed by atoms with van der Waals surface area (Å²) in [6, 6.07) is 21.8. The van der Waals surface area contributed by atoms with E-state index in [0.29, 0.717) is 10.5 Å². The Hall–Kier alpha value is -2.42. The van der Waals surface area contributed by atoms with Crippen LogP contribution in [0.4, 0.5) is 0 Å². The average molecular weight is 641 g/mol. The third-order valence-electron chi connectivity index (χ3n) is 7.76.